The van der Waals surface area contributed by atoms with Gasteiger partial charge in [-0.2, -0.15) is 5.26 Å². The highest BCUT2D eigenvalue weighted by Crippen LogP contribution is 2.51. The number of hydrogen-bond acceptors (Lipinski definition) is 5. The van der Waals surface area contributed by atoms with Gasteiger partial charge in [0.1, 0.15) is 16.5 Å². The highest BCUT2D eigenvalue weighted by atomic mass is 32.2. The Balaban J connectivity index is 1.78. The highest BCUT2D eigenvalue weighted by Gasteiger charge is 2.47. The summed E-state index contributed by atoms with van der Waals surface area (Å²) in [6, 6.07) is 26.1. The number of hydrogen-bond donors (Lipinski definition) is 1. The van der Waals surface area contributed by atoms with E-state index in [2.05, 4.69) is 6.07 Å². The van der Waals surface area contributed by atoms with E-state index in [0.29, 0.717) is 16.8 Å². The second-order valence-corrected chi connectivity index (χ2v) is 9.88. The molecule has 0 bridgehead atoms. The van der Waals surface area contributed by atoms with Crippen LogP contribution < -0.4 is 10.0 Å². The van der Waals surface area contributed by atoms with E-state index in [0.717, 1.165) is 11.1 Å². The number of benzene rings is 3. The lowest BCUT2D eigenvalue weighted by Crippen LogP contribution is -2.39. The molecule has 2 heterocycles. The van der Waals surface area contributed by atoms with Gasteiger partial charge in [0.05, 0.1) is 18.2 Å². The van der Waals surface area contributed by atoms with Gasteiger partial charge >= 0.3 is 0 Å². The second kappa shape index (κ2) is 7.84. The summed E-state index contributed by atoms with van der Waals surface area (Å²) in [6.07, 6.45) is 0. The van der Waals surface area contributed by atoms with Crippen molar-refractivity contribution in [2.45, 2.75) is 19.4 Å². The van der Waals surface area contributed by atoms with Gasteiger partial charge in [0.2, 0.25) is 5.88 Å². The van der Waals surface area contributed by atoms with Crippen molar-refractivity contribution in [3.8, 4) is 6.07 Å². The van der Waals surface area contributed by atoms with Crippen LogP contribution in [0.1, 0.15) is 28.2 Å². The summed E-state index contributed by atoms with van der Waals surface area (Å²) in [7, 11) is -4.07. The molecule has 7 heteroatoms. The van der Waals surface area contributed by atoms with E-state index in [1.165, 1.54) is 4.31 Å². The Morgan fingerprint density at radius 3 is 2.48 bits per heavy atom. The van der Waals surface area contributed by atoms with Gasteiger partial charge in [0.15, 0.2) is 5.76 Å². The first-order valence-electron chi connectivity index (χ1n) is 10.5. The molecule has 5 rings (SSSR count). The molecule has 0 fully saturated rings. The number of ether oxygens (including phenoxy) is 1. The smallest absolute Gasteiger partial charge is 0.265 e. The van der Waals surface area contributed by atoms with E-state index in [4.69, 9.17) is 10.5 Å². The summed E-state index contributed by atoms with van der Waals surface area (Å²) in [5, 5.41) is 9.92. The Morgan fingerprint density at radius 1 is 1.03 bits per heavy atom. The van der Waals surface area contributed by atoms with E-state index in [-0.39, 0.29) is 28.7 Å². The van der Waals surface area contributed by atoms with Crippen molar-refractivity contribution in [3.05, 3.63) is 117 Å². The average Bonchev–Trinajstić information content (AvgIpc) is 2.81. The van der Waals surface area contributed by atoms with Crippen molar-refractivity contribution in [2.75, 3.05) is 4.31 Å². The van der Waals surface area contributed by atoms with Crippen molar-refractivity contribution in [2.24, 2.45) is 5.73 Å². The van der Waals surface area contributed by atoms with E-state index >= 15 is 0 Å². The molecule has 2 N–H and O–H groups in total. The molecule has 0 amide bonds. The maximum atomic E-state index is 14.2. The fraction of sp³-hybridized carbons (Fsp3) is 0.115. The van der Waals surface area contributed by atoms with Crippen LogP contribution in [0, 0.1) is 18.3 Å². The van der Waals surface area contributed by atoms with Crippen molar-refractivity contribution in [1.82, 2.24) is 0 Å². The lowest BCUT2D eigenvalue weighted by molar-refractivity contribution is 0.357. The predicted molar refractivity (Wildman–Crippen MR) is 127 cm³/mol. The molecule has 0 saturated heterocycles. The summed E-state index contributed by atoms with van der Waals surface area (Å²) < 4.78 is 35.6. The Kier molecular flexibility index (Phi) is 4.95. The summed E-state index contributed by atoms with van der Waals surface area (Å²) in [5.41, 5.74) is 9.85. The van der Waals surface area contributed by atoms with Gasteiger partial charge in [0.25, 0.3) is 10.0 Å². The number of anilines is 1. The van der Waals surface area contributed by atoms with Gasteiger partial charge < -0.3 is 10.5 Å². The quantitative estimate of drug-likeness (QED) is 0.626. The van der Waals surface area contributed by atoms with Gasteiger partial charge in [-0.3, -0.25) is 4.31 Å². The molecule has 164 valence electrons. The summed E-state index contributed by atoms with van der Waals surface area (Å²) >= 11 is 0. The Hall–Kier alpha value is -4.02. The Bertz CT molecular complexity index is 1470. The van der Waals surface area contributed by atoms with Crippen LogP contribution in [0.4, 0.5) is 5.69 Å². The van der Waals surface area contributed by atoms with Gasteiger partial charge in [-0.05, 0) is 30.2 Å². The zero-order valence-corrected chi connectivity index (χ0v) is 18.7. The molecule has 0 spiro atoms. The van der Waals surface area contributed by atoms with Crippen LogP contribution in [0.15, 0.2) is 95.2 Å². The molecular formula is C26H21N3O3S. The van der Waals surface area contributed by atoms with Gasteiger partial charge in [-0.25, -0.2) is 8.42 Å². The SMILES string of the molecule is Cc1cccc([C@@H]2C(C#N)=C(N)OC3=C2S(=O)(=O)N(Cc2ccccc2)c2ccccc23)c1. The third-order valence-electron chi connectivity index (χ3n) is 5.90. The maximum absolute atomic E-state index is 14.2. The predicted octanol–water partition coefficient (Wildman–Crippen LogP) is 4.52. The van der Waals surface area contributed by atoms with Crippen molar-refractivity contribution < 1.29 is 13.2 Å². The molecule has 3 aromatic rings. The number of nitrogens with two attached hydrogens (primary N) is 1. The molecule has 0 unspecified atom stereocenters. The lowest BCUT2D eigenvalue weighted by atomic mass is 9.87. The molecule has 0 aliphatic carbocycles. The molecule has 0 radical (unpaired) electrons. The monoisotopic (exact) mass is 455 g/mol. The molecule has 3 aromatic carbocycles. The van der Waals surface area contributed by atoms with E-state index in [9.17, 15) is 13.7 Å². The number of allylic oxidation sites excluding steroid dienone is 2. The largest absolute Gasteiger partial charge is 0.439 e. The van der Waals surface area contributed by atoms with Crippen LogP contribution in [0.5, 0.6) is 0 Å². The lowest BCUT2D eigenvalue weighted by Gasteiger charge is -2.38. The van der Waals surface area contributed by atoms with E-state index in [1.54, 1.807) is 12.1 Å². The first-order valence-corrected chi connectivity index (χ1v) is 11.9. The van der Waals surface area contributed by atoms with Crippen LogP contribution in [0.25, 0.3) is 5.76 Å². The topological polar surface area (TPSA) is 96.4 Å². The zero-order chi connectivity index (χ0) is 23.2. The van der Waals surface area contributed by atoms with Crippen LogP contribution in [0.3, 0.4) is 0 Å². The number of sulfonamides is 1. The van der Waals surface area contributed by atoms with E-state index in [1.807, 2.05) is 73.7 Å². The van der Waals surface area contributed by atoms with Crippen LogP contribution >= 0.6 is 0 Å². The van der Waals surface area contributed by atoms with Gasteiger partial charge in [0, 0.05) is 5.56 Å². The molecule has 6 nitrogen and oxygen atoms in total. The van der Waals surface area contributed by atoms with Crippen LogP contribution in [-0.4, -0.2) is 8.42 Å². The summed E-state index contributed by atoms with van der Waals surface area (Å²) in [5.74, 6) is -0.766. The van der Waals surface area contributed by atoms with Crippen LogP contribution in [-0.2, 0) is 21.3 Å². The fourth-order valence-corrected chi connectivity index (χ4v) is 6.32. The van der Waals surface area contributed by atoms with Crippen molar-refractivity contribution in [3.63, 3.8) is 0 Å². The zero-order valence-electron chi connectivity index (χ0n) is 17.9. The minimum Gasteiger partial charge on any atom is -0.439 e. The van der Waals surface area contributed by atoms with Crippen molar-refractivity contribution in [1.29, 1.82) is 5.26 Å². The minimum absolute atomic E-state index is 0.0356. The molecule has 2 aliphatic rings. The minimum atomic E-state index is -4.07. The normalized spacial score (nSPS) is 18.8. The number of rotatable bonds is 3. The molecule has 33 heavy (non-hydrogen) atoms. The number of nitriles is 1. The average molecular weight is 456 g/mol. The molecular weight excluding hydrogens is 434 g/mol. The number of aryl methyl sites for hydroxylation is 1. The second-order valence-electron chi connectivity index (χ2n) is 8.05. The first-order chi connectivity index (χ1) is 15.9. The Labute approximate surface area is 192 Å². The number of fused-ring (bicyclic) bond motifs is 2. The fourth-order valence-electron chi connectivity index (χ4n) is 4.41. The first kappa shape index (κ1) is 20.9. The molecule has 0 aromatic heterocycles. The molecule has 2 aliphatic heterocycles. The van der Waals surface area contributed by atoms with Crippen molar-refractivity contribution >= 4 is 21.5 Å². The summed E-state index contributed by atoms with van der Waals surface area (Å²) in [6.45, 7) is 2.07. The van der Waals surface area contributed by atoms with Crippen LogP contribution in [0.2, 0.25) is 0 Å². The van der Waals surface area contributed by atoms with E-state index < -0.39 is 15.9 Å². The van der Waals surface area contributed by atoms with Gasteiger partial charge in [-0.1, -0.05) is 72.3 Å². The van der Waals surface area contributed by atoms with Gasteiger partial charge in [-0.15, -0.1) is 0 Å². The number of nitrogens with zero attached hydrogens (tertiary/aromatic N) is 2. The standard InChI is InChI=1S/C26H21N3O3S/c1-17-8-7-11-19(14-17)23-21(15-27)26(28)32-24-20-12-5-6-13-22(20)29(33(30,31)25(23)24)16-18-9-3-2-4-10-18/h2-14,23H,16,28H2,1H3/t23-/m1/s1. The highest BCUT2D eigenvalue weighted by molar-refractivity contribution is 7.96. The summed E-state index contributed by atoms with van der Waals surface area (Å²) in [4.78, 5) is 0.0356. The molecule has 1 atom stereocenters. The molecule has 0 saturated carbocycles. The third kappa shape index (κ3) is 3.36. The number of para-hydroxylation sites is 1. The Morgan fingerprint density at radius 2 is 1.76 bits per heavy atom. The third-order valence-corrected chi connectivity index (χ3v) is 7.79. The maximum Gasteiger partial charge on any atom is 0.265 e.